The normalized spacial score (nSPS) is 10.4. The number of aryl methyl sites for hydroxylation is 1. The van der Waals surface area contributed by atoms with Gasteiger partial charge in [-0.05, 0) is 28.7 Å². The molecule has 0 aliphatic heterocycles. The first-order valence-electron chi connectivity index (χ1n) is 5.63. The maximum absolute atomic E-state index is 9.00. The van der Waals surface area contributed by atoms with Crippen LogP contribution in [0, 0.1) is 0 Å². The van der Waals surface area contributed by atoms with Gasteiger partial charge in [0.2, 0.25) is 0 Å². The third-order valence-electron chi connectivity index (χ3n) is 2.85. The third kappa shape index (κ3) is 2.15. The zero-order valence-electron chi connectivity index (χ0n) is 9.48. The van der Waals surface area contributed by atoms with Crippen molar-refractivity contribution in [2.24, 2.45) is 0 Å². The van der Waals surface area contributed by atoms with Gasteiger partial charge in [0.25, 0.3) is 0 Å². The fraction of sp³-hybridized carbons (Fsp3) is 0.200. The largest absolute Gasteiger partial charge is 0.392 e. The molecule has 2 aromatic carbocycles. The Balaban J connectivity index is 2.42. The second-order valence-corrected chi connectivity index (χ2v) is 3.87. The van der Waals surface area contributed by atoms with Gasteiger partial charge in [0.15, 0.2) is 0 Å². The molecule has 0 aromatic heterocycles. The molecular formula is C15H16O. The Kier molecular flexibility index (Phi) is 3.37. The zero-order valence-corrected chi connectivity index (χ0v) is 9.48. The van der Waals surface area contributed by atoms with Crippen molar-refractivity contribution in [1.29, 1.82) is 0 Å². The third-order valence-corrected chi connectivity index (χ3v) is 2.85. The van der Waals surface area contributed by atoms with E-state index in [2.05, 4.69) is 43.3 Å². The second-order valence-electron chi connectivity index (χ2n) is 3.87. The van der Waals surface area contributed by atoms with Crippen molar-refractivity contribution in [3.05, 3.63) is 59.7 Å². The van der Waals surface area contributed by atoms with E-state index in [1.807, 2.05) is 12.1 Å². The van der Waals surface area contributed by atoms with Crippen LogP contribution in [-0.2, 0) is 13.0 Å². The van der Waals surface area contributed by atoms with E-state index in [-0.39, 0.29) is 6.61 Å². The van der Waals surface area contributed by atoms with Gasteiger partial charge in [-0.3, -0.25) is 0 Å². The Morgan fingerprint density at radius 2 is 1.62 bits per heavy atom. The first-order chi connectivity index (χ1) is 7.85. The van der Waals surface area contributed by atoms with E-state index in [0.29, 0.717) is 0 Å². The summed E-state index contributed by atoms with van der Waals surface area (Å²) < 4.78 is 0. The van der Waals surface area contributed by atoms with E-state index >= 15 is 0 Å². The van der Waals surface area contributed by atoms with Gasteiger partial charge in [0.1, 0.15) is 0 Å². The molecule has 0 aliphatic rings. The van der Waals surface area contributed by atoms with Crippen LogP contribution in [0.15, 0.2) is 48.5 Å². The molecule has 0 saturated heterocycles. The van der Waals surface area contributed by atoms with Crippen molar-refractivity contribution < 1.29 is 5.11 Å². The van der Waals surface area contributed by atoms with Gasteiger partial charge in [-0.25, -0.2) is 0 Å². The SMILES string of the molecule is CCc1ccccc1-c1ccc(CO)cc1. The highest BCUT2D eigenvalue weighted by molar-refractivity contribution is 5.67. The molecule has 0 unspecified atom stereocenters. The number of benzene rings is 2. The summed E-state index contributed by atoms with van der Waals surface area (Å²) in [5.41, 5.74) is 4.82. The minimum absolute atomic E-state index is 0.107. The van der Waals surface area contributed by atoms with Gasteiger partial charge in [0.05, 0.1) is 6.61 Å². The highest BCUT2D eigenvalue weighted by Crippen LogP contribution is 2.24. The average Bonchev–Trinajstić information content (AvgIpc) is 2.39. The van der Waals surface area contributed by atoms with Crippen LogP contribution in [0.3, 0.4) is 0 Å². The van der Waals surface area contributed by atoms with Gasteiger partial charge in [-0.1, -0.05) is 55.5 Å². The Labute approximate surface area is 96.4 Å². The van der Waals surface area contributed by atoms with Crippen LogP contribution >= 0.6 is 0 Å². The lowest BCUT2D eigenvalue weighted by molar-refractivity contribution is 0.282. The van der Waals surface area contributed by atoms with Gasteiger partial charge < -0.3 is 5.11 Å². The lowest BCUT2D eigenvalue weighted by Crippen LogP contribution is -1.88. The molecule has 0 saturated carbocycles. The standard InChI is InChI=1S/C15H16O/c1-2-13-5-3-4-6-15(13)14-9-7-12(11-16)8-10-14/h3-10,16H,2,11H2,1H3. The Bertz CT molecular complexity index is 457. The Hall–Kier alpha value is -1.60. The molecule has 0 amide bonds. The van der Waals surface area contributed by atoms with Crippen LogP contribution in [0.4, 0.5) is 0 Å². The average molecular weight is 212 g/mol. The summed E-state index contributed by atoms with van der Waals surface area (Å²) in [6, 6.07) is 16.5. The van der Waals surface area contributed by atoms with Gasteiger partial charge in [-0.15, -0.1) is 0 Å². The monoisotopic (exact) mass is 212 g/mol. The Morgan fingerprint density at radius 1 is 0.938 bits per heavy atom. The van der Waals surface area contributed by atoms with E-state index in [9.17, 15) is 0 Å². The van der Waals surface area contributed by atoms with Crippen LogP contribution in [0.25, 0.3) is 11.1 Å². The van der Waals surface area contributed by atoms with Crippen molar-refractivity contribution in [2.45, 2.75) is 20.0 Å². The number of hydrogen-bond donors (Lipinski definition) is 1. The predicted molar refractivity (Wildman–Crippen MR) is 67.2 cm³/mol. The van der Waals surface area contributed by atoms with Crippen LogP contribution in [0.1, 0.15) is 18.1 Å². The number of aliphatic hydroxyl groups excluding tert-OH is 1. The quantitative estimate of drug-likeness (QED) is 0.826. The number of aliphatic hydroxyl groups is 1. The summed E-state index contributed by atoms with van der Waals surface area (Å²) in [5, 5.41) is 9.00. The molecule has 0 heterocycles. The number of hydrogen-bond acceptors (Lipinski definition) is 1. The molecule has 0 radical (unpaired) electrons. The minimum atomic E-state index is 0.107. The molecular weight excluding hydrogens is 196 g/mol. The van der Waals surface area contributed by atoms with E-state index in [1.54, 1.807) is 0 Å². The summed E-state index contributed by atoms with van der Waals surface area (Å²) in [4.78, 5) is 0. The first kappa shape index (κ1) is 10.9. The lowest BCUT2D eigenvalue weighted by Gasteiger charge is -2.08. The molecule has 0 atom stereocenters. The van der Waals surface area contributed by atoms with Crippen LogP contribution in [-0.4, -0.2) is 5.11 Å². The molecule has 82 valence electrons. The molecule has 0 fully saturated rings. The second kappa shape index (κ2) is 4.95. The summed E-state index contributed by atoms with van der Waals surface area (Å²) >= 11 is 0. The molecule has 1 nitrogen and oxygen atoms in total. The van der Waals surface area contributed by atoms with Crippen molar-refractivity contribution in [1.82, 2.24) is 0 Å². The zero-order chi connectivity index (χ0) is 11.4. The van der Waals surface area contributed by atoms with E-state index in [0.717, 1.165) is 12.0 Å². The maximum atomic E-state index is 9.00. The van der Waals surface area contributed by atoms with Crippen molar-refractivity contribution >= 4 is 0 Å². The maximum Gasteiger partial charge on any atom is 0.0681 e. The lowest BCUT2D eigenvalue weighted by atomic mass is 9.97. The number of rotatable bonds is 3. The van der Waals surface area contributed by atoms with Gasteiger partial charge in [-0.2, -0.15) is 0 Å². The minimum Gasteiger partial charge on any atom is -0.392 e. The van der Waals surface area contributed by atoms with E-state index in [4.69, 9.17) is 5.11 Å². The molecule has 2 aromatic rings. The highest BCUT2D eigenvalue weighted by atomic mass is 16.3. The van der Waals surface area contributed by atoms with Crippen molar-refractivity contribution in [3.63, 3.8) is 0 Å². The van der Waals surface area contributed by atoms with Crippen molar-refractivity contribution in [2.75, 3.05) is 0 Å². The predicted octanol–water partition coefficient (Wildman–Crippen LogP) is 3.41. The van der Waals surface area contributed by atoms with Crippen molar-refractivity contribution in [3.8, 4) is 11.1 Å². The molecule has 2 rings (SSSR count). The first-order valence-corrected chi connectivity index (χ1v) is 5.63. The van der Waals surface area contributed by atoms with Gasteiger partial charge in [0, 0.05) is 0 Å². The smallest absolute Gasteiger partial charge is 0.0681 e. The Morgan fingerprint density at radius 3 is 2.25 bits per heavy atom. The van der Waals surface area contributed by atoms with Gasteiger partial charge >= 0.3 is 0 Å². The molecule has 16 heavy (non-hydrogen) atoms. The highest BCUT2D eigenvalue weighted by Gasteiger charge is 2.02. The summed E-state index contributed by atoms with van der Waals surface area (Å²) in [6.07, 6.45) is 1.04. The molecule has 1 N–H and O–H groups in total. The molecule has 0 bridgehead atoms. The van der Waals surface area contributed by atoms with Crippen LogP contribution in [0.5, 0.6) is 0 Å². The van der Waals surface area contributed by atoms with E-state index < -0.39 is 0 Å². The van der Waals surface area contributed by atoms with Crippen LogP contribution in [0.2, 0.25) is 0 Å². The summed E-state index contributed by atoms with van der Waals surface area (Å²) in [5.74, 6) is 0. The molecule has 0 spiro atoms. The van der Waals surface area contributed by atoms with E-state index in [1.165, 1.54) is 16.7 Å². The summed E-state index contributed by atoms with van der Waals surface area (Å²) in [6.45, 7) is 2.27. The molecule has 1 heteroatoms. The van der Waals surface area contributed by atoms with Crippen LogP contribution < -0.4 is 0 Å². The fourth-order valence-electron chi connectivity index (χ4n) is 1.90. The summed E-state index contributed by atoms with van der Waals surface area (Å²) in [7, 11) is 0. The topological polar surface area (TPSA) is 20.2 Å². The fourth-order valence-corrected chi connectivity index (χ4v) is 1.90. The molecule has 0 aliphatic carbocycles.